The van der Waals surface area contributed by atoms with E-state index in [2.05, 4.69) is 65.6 Å². The van der Waals surface area contributed by atoms with Gasteiger partial charge in [-0.3, -0.25) is 0 Å². The minimum atomic E-state index is 0. The smallest absolute Gasteiger partial charge is 0.191 e. The molecular formula is C18H27ClIN5S. The number of thiazole rings is 1. The third-order valence-electron chi connectivity index (χ3n) is 3.73. The lowest BCUT2D eigenvalue weighted by Gasteiger charge is -2.26. The number of benzene rings is 1. The maximum absolute atomic E-state index is 6.00. The Bertz CT molecular complexity index is 687. The van der Waals surface area contributed by atoms with Crippen LogP contribution in [0.15, 0.2) is 35.5 Å². The van der Waals surface area contributed by atoms with Crippen molar-refractivity contribution in [3.8, 4) is 0 Å². The van der Waals surface area contributed by atoms with E-state index in [-0.39, 0.29) is 30.0 Å². The summed E-state index contributed by atoms with van der Waals surface area (Å²) in [7, 11) is 4.15. The number of hydrogen-bond donors (Lipinski definition) is 2. The molecule has 0 aliphatic rings. The van der Waals surface area contributed by atoms with Gasteiger partial charge >= 0.3 is 0 Å². The van der Waals surface area contributed by atoms with Crippen molar-refractivity contribution in [3.63, 3.8) is 0 Å². The molecule has 0 aliphatic heterocycles. The van der Waals surface area contributed by atoms with Gasteiger partial charge in [0.2, 0.25) is 0 Å². The molecule has 144 valence electrons. The molecule has 1 heterocycles. The molecule has 1 unspecified atom stereocenters. The Kier molecular flexibility index (Phi) is 10.4. The zero-order valence-corrected chi connectivity index (χ0v) is 19.5. The highest BCUT2D eigenvalue weighted by Gasteiger charge is 2.14. The summed E-state index contributed by atoms with van der Waals surface area (Å²) >= 11 is 7.68. The van der Waals surface area contributed by atoms with Crippen molar-refractivity contribution >= 4 is 52.9 Å². The minimum absolute atomic E-state index is 0. The highest BCUT2D eigenvalue weighted by molar-refractivity contribution is 14.0. The first kappa shape index (κ1) is 23.1. The van der Waals surface area contributed by atoms with Gasteiger partial charge in [0.25, 0.3) is 0 Å². The Balaban J connectivity index is 0.00000338. The lowest BCUT2D eigenvalue weighted by Crippen LogP contribution is -2.41. The molecule has 1 atom stereocenters. The van der Waals surface area contributed by atoms with Gasteiger partial charge in [0.05, 0.1) is 12.6 Å². The second-order valence-corrected chi connectivity index (χ2v) is 7.73. The first-order chi connectivity index (χ1) is 12.0. The van der Waals surface area contributed by atoms with Gasteiger partial charge in [-0.05, 0) is 45.6 Å². The average Bonchev–Trinajstić information content (AvgIpc) is 2.99. The molecule has 0 spiro atoms. The van der Waals surface area contributed by atoms with Crippen molar-refractivity contribution in [2.24, 2.45) is 4.99 Å². The second-order valence-electron chi connectivity index (χ2n) is 5.97. The molecule has 0 bridgehead atoms. The van der Waals surface area contributed by atoms with Crippen molar-refractivity contribution < 1.29 is 0 Å². The molecule has 2 rings (SSSR count). The second kappa shape index (κ2) is 11.7. The van der Waals surface area contributed by atoms with Crippen LogP contribution in [0.5, 0.6) is 0 Å². The normalized spacial score (nSPS) is 12.6. The third-order valence-corrected chi connectivity index (χ3v) is 4.88. The molecule has 0 radical (unpaired) electrons. The van der Waals surface area contributed by atoms with Gasteiger partial charge < -0.3 is 15.5 Å². The first-order valence-electron chi connectivity index (χ1n) is 8.35. The zero-order chi connectivity index (χ0) is 18.2. The Labute approximate surface area is 182 Å². The van der Waals surface area contributed by atoms with Crippen LogP contribution in [-0.2, 0) is 6.54 Å². The molecule has 1 aromatic heterocycles. The summed E-state index contributed by atoms with van der Waals surface area (Å²) in [6.07, 6.45) is 1.89. The lowest BCUT2D eigenvalue weighted by atomic mass is 10.1. The number of likely N-dealkylation sites (N-methyl/N-ethyl adjacent to an activating group) is 1. The van der Waals surface area contributed by atoms with Crippen LogP contribution in [0, 0.1) is 6.92 Å². The fourth-order valence-corrected chi connectivity index (χ4v) is 3.28. The quantitative estimate of drug-likeness (QED) is 0.337. The number of halogens is 2. The molecule has 0 saturated heterocycles. The van der Waals surface area contributed by atoms with E-state index < -0.39 is 0 Å². The van der Waals surface area contributed by atoms with Crippen molar-refractivity contribution in [3.05, 3.63) is 50.9 Å². The highest BCUT2D eigenvalue weighted by atomic mass is 127. The van der Waals surface area contributed by atoms with Gasteiger partial charge in [-0.15, -0.1) is 35.3 Å². The summed E-state index contributed by atoms with van der Waals surface area (Å²) in [5.74, 6) is 0.802. The van der Waals surface area contributed by atoms with Crippen molar-refractivity contribution in [1.82, 2.24) is 20.5 Å². The van der Waals surface area contributed by atoms with Crippen LogP contribution in [-0.4, -0.2) is 43.0 Å². The van der Waals surface area contributed by atoms with Crippen LogP contribution in [0.2, 0.25) is 5.02 Å². The fourth-order valence-electron chi connectivity index (χ4n) is 2.44. The number of nitrogens with zero attached hydrogens (tertiary/aromatic N) is 3. The van der Waals surface area contributed by atoms with Gasteiger partial charge in [0, 0.05) is 29.2 Å². The van der Waals surface area contributed by atoms with Gasteiger partial charge in [-0.1, -0.05) is 23.7 Å². The van der Waals surface area contributed by atoms with Crippen molar-refractivity contribution in [2.75, 3.05) is 27.2 Å². The fraction of sp³-hybridized carbons (Fsp3) is 0.444. The van der Waals surface area contributed by atoms with E-state index in [9.17, 15) is 0 Å². The summed E-state index contributed by atoms with van der Waals surface area (Å²) in [5.41, 5.74) is 1.22. The molecule has 1 aromatic carbocycles. The molecular weight excluding hydrogens is 481 g/mol. The molecule has 5 nitrogen and oxygen atoms in total. The van der Waals surface area contributed by atoms with Crippen LogP contribution in [0.1, 0.15) is 28.4 Å². The maximum atomic E-state index is 6.00. The average molecular weight is 508 g/mol. The SMILES string of the molecule is CCNC(=NCc1ncc(C)s1)NCC(c1ccc(Cl)cc1)N(C)C.I. The number of nitrogens with one attached hydrogen (secondary N) is 2. The monoisotopic (exact) mass is 507 g/mol. The summed E-state index contributed by atoms with van der Waals surface area (Å²) < 4.78 is 0. The molecule has 0 amide bonds. The van der Waals surface area contributed by atoms with E-state index in [1.165, 1.54) is 10.4 Å². The standard InChI is InChI=1S/C18H26ClN5S.HI/c1-5-20-18(23-12-17-21-10-13(2)25-17)22-11-16(24(3)4)14-6-8-15(19)9-7-14;/h6-10,16H,5,11-12H2,1-4H3,(H2,20,22,23);1H. The minimum Gasteiger partial charge on any atom is -0.357 e. The first-order valence-corrected chi connectivity index (χ1v) is 9.54. The van der Waals surface area contributed by atoms with E-state index in [0.717, 1.165) is 29.1 Å². The molecule has 2 N–H and O–H groups in total. The molecule has 2 aromatic rings. The Morgan fingerprint density at radius 2 is 1.96 bits per heavy atom. The van der Waals surface area contributed by atoms with E-state index in [1.807, 2.05) is 18.3 Å². The van der Waals surface area contributed by atoms with Crippen molar-refractivity contribution in [1.29, 1.82) is 0 Å². The van der Waals surface area contributed by atoms with E-state index >= 15 is 0 Å². The topological polar surface area (TPSA) is 52.6 Å². The third kappa shape index (κ3) is 7.38. The van der Waals surface area contributed by atoms with E-state index in [4.69, 9.17) is 11.6 Å². The maximum Gasteiger partial charge on any atom is 0.191 e. The Morgan fingerprint density at radius 1 is 1.27 bits per heavy atom. The largest absolute Gasteiger partial charge is 0.357 e. The summed E-state index contributed by atoms with van der Waals surface area (Å²) in [6.45, 7) is 6.27. The van der Waals surface area contributed by atoms with Gasteiger partial charge in [-0.25, -0.2) is 9.98 Å². The van der Waals surface area contributed by atoms with Gasteiger partial charge in [0.1, 0.15) is 5.01 Å². The number of rotatable bonds is 7. The molecule has 0 fully saturated rings. The number of aryl methyl sites for hydroxylation is 1. The van der Waals surface area contributed by atoms with Gasteiger partial charge in [0.15, 0.2) is 5.96 Å². The zero-order valence-electron chi connectivity index (χ0n) is 15.6. The predicted octanol–water partition coefficient (Wildman–Crippen LogP) is 4.08. The molecule has 8 heteroatoms. The van der Waals surface area contributed by atoms with Crippen LogP contribution in [0.3, 0.4) is 0 Å². The highest BCUT2D eigenvalue weighted by Crippen LogP contribution is 2.19. The van der Waals surface area contributed by atoms with E-state index in [0.29, 0.717) is 6.54 Å². The Hall–Kier alpha value is -0.900. The van der Waals surface area contributed by atoms with Crippen LogP contribution in [0.25, 0.3) is 0 Å². The van der Waals surface area contributed by atoms with E-state index in [1.54, 1.807) is 11.3 Å². The number of aliphatic imine (C=N–C) groups is 1. The summed E-state index contributed by atoms with van der Waals surface area (Å²) in [4.78, 5) is 12.4. The van der Waals surface area contributed by atoms with Crippen molar-refractivity contribution in [2.45, 2.75) is 26.4 Å². The molecule has 26 heavy (non-hydrogen) atoms. The van der Waals surface area contributed by atoms with Crippen LogP contribution >= 0.6 is 46.9 Å². The van der Waals surface area contributed by atoms with Crippen LogP contribution < -0.4 is 10.6 Å². The number of aromatic nitrogens is 1. The summed E-state index contributed by atoms with van der Waals surface area (Å²) in [5, 5.41) is 8.50. The predicted molar refractivity (Wildman–Crippen MR) is 123 cm³/mol. The summed E-state index contributed by atoms with van der Waals surface area (Å²) in [6, 6.07) is 8.21. The van der Waals surface area contributed by atoms with Gasteiger partial charge in [-0.2, -0.15) is 0 Å². The Morgan fingerprint density at radius 3 is 2.50 bits per heavy atom. The number of guanidine groups is 1. The lowest BCUT2D eigenvalue weighted by molar-refractivity contribution is 0.298. The molecule has 0 aliphatic carbocycles. The number of hydrogen-bond acceptors (Lipinski definition) is 4. The molecule has 0 saturated carbocycles. The van der Waals surface area contributed by atoms with Crippen LogP contribution in [0.4, 0.5) is 0 Å².